The Hall–Kier alpha value is 0.0600. The minimum absolute atomic E-state index is 3.90. The van der Waals surface area contributed by atoms with Crippen LogP contribution in [-0.2, 0) is 10.0 Å². The molecular weight excluding hydrogens is 164 g/mol. The van der Waals surface area contributed by atoms with E-state index in [1.807, 2.05) is 0 Å². The Kier molecular flexibility index (Phi) is 1.80. The minimum atomic E-state index is -4.91. The first-order chi connectivity index (χ1) is 3.25. The maximum Gasteiger partial charge on any atom is 0.436 e. The number of alkyl halides is 3. The Balaban J connectivity index is 4.53. The highest BCUT2D eigenvalue weighted by Crippen LogP contribution is 2.22. The van der Waals surface area contributed by atoms with Crippen LogP contribution in [0.15, 0.2) is 0 Å². The zero-order valence-electron chi connectivity index (χ0n) is 3.44. The zero-order chi connectivity index (χ0) is 7.00. The molecule has 0 heterocycles. The fourth-order valence-electron chi connectivity index (χ4n) is 0. The summed E-state index contributed by atoms with van der Waals surface area (Å²) in [6.45, 7) is 0. The summed E-state index contributed by atoms with van der Waals surface area (Å²) in [5, 5.41) is 3.90. The fourth-order valence-corrected chi connectivity index (χ4v) is 0. The van der Waals surface area contributed by atoms with E-state index in [0.29, 0.717) is 0 Å². The van der Waals surface area contributed by atoms with Crippen molar-refractivity contribution in [2.24, 2.45) is 5.14 Å². The molecule has 7 heteroatoms. The minimum Gasteiger partial charge on any atom is -0.222 e. The summed E-state index contributed by atoms with van der Waals surface area (Å²) in [6, 6.07) is 0. The Morgan fingerprint density at radius 2 is 1.62 bits per heavy atom. The molecule has 0 spiro atoms. The van der Waals surface area contributed by atoms with E-state index in [-0.39, 0.29) is 0 Å². The maximum atomic E-state index is 11.3. The normalized spacial score (nSPS) is 14.0. The Morgan fingerprint density at radius 1 is 1.50 bits per heavy atom. The summed E-state index contributed by atoms with van der Waals surface area (Å²) < 4.78 is 37.3. The van der Waals surface area contributed by atoms with Gasteiger partial charge in [0.1, 0.15) is 0 Å². The van der Waals surface area contributed by atoms with E-state index >= 15 is 0 Å². The quantitative estimate of drug-likeness (QED) is 0.559. The first kappa shape index (κ1) is 8.06. The highest BCUT2D eigenvalue weighted by molar-refractivity contribution is 7.91. The third-order valence-electron chi connectivity index (χ3n) is 0.323. The largest absolute Gasteiger partial charge is 0.436 e. The lowest BCUT2D eigenvalue weighted by molar-refractivity contribution is 0.187. The van der Waals surface area contributed by atoms with E-state index in [4.69, 9.17) is 0 Å². The van der Waals surface area contributed by atoms with Gasteiger partial charge in [-0.05, 0) is 11.6 Å². The molecule has 0 aliphatic carbocycles. The van der Waals surface area contributed by atoms with Crippen LogP contribution in [0, 0.1) is 0 Å². The Bertz CT molecular complexity index is 169. The molecule has 0 unspecified atom stereocenters. The molecule has 0 aliphatic rings. The van der Waals surface area contributed by atoms with Gasteiger partial charge in [0.15, 0.2) is 0 Å². The molecule has 8 heavy (non-hydrogen) atoms. The van der Waals surface area contributed by atoms with Crippen LogP contribution in [0.4, 0.5) is 8.78 Å². The van der Waals surface area contributed by atoms with E-state index in [1.54, 1.807) is 0 Å². The maximum absolute atomic E-state index is 11.3. The summed E-state index contributed by atoms with van der Waals surface area (Å²) >= 11 is 3.96. The summed E-state index contributed by atoms with van der Waals surface area (Å²) in [4.78, 5) is 0. The van der Waals surface area contributed by atoms with Gasteiger partial charge in [0.05, 0.1) is 0 Å². The molecule has 0 amide bonds. The predicted molar refractivity (Wildman–Crippen MR) is 23.9 cm³/mol. The van der Waals surface area contributed by atoms with E-state index in [2.05, 4.69) is 16.7 Å². The Morgan fingerprint density at radius 3 is 1.62 bits per heavy atom. The van der Waals surface area contributed by atoms with Crippen LogP contribution in [0.5, 0.6) is 0 Å². The number of sulfonamides is 1. The molecule has 50 valence electrons. The second-order valence-corrected chi connectivity index (χ2v) is 3.29. The average molecular weight is 166 g/mol. The molecule has 0 saturated heterocycles. The third kappa shape index (κ3) is 1.89. The number of hydrogen-bond donors (Lipinski definition) is 1. The van der Waals surface area contributed by atoms with Gasteiger partial charge in [-0.3, -0.25) is 0 Å². The van der Waals surface area contributed by atoms with Crippen molar-refractivity contribution in [2.45, 2.75) is 4.71 Å². The SMILES string of the molecule is NS(=O)(=O)C(F)(F)Cl. The summed E-state index contributed by atoms with van der Waals surface area (Å²) in [5.41, 5.74) is 0. The van der Waals surface area contributed by atoms with Crippen LogP contribution < -0.4 is 5.14 Å². The number of hydrogen-bond acceptors (Lipinski definition) is 2. The Labute approximate surface area is 49.5 Å². The van der Waals surface area contributed by atoms with Gasteiger partial charge in [0, 0.05) is 0 Å². The predicted octanol–water partition coefficient (Wildman–Crippen LogP) is 0.0640. The second-order valence-electron chi connectivity index (χ2n) is 0.991. The van der Waals surface area contributed by atoms with E-state index in [9.17, 15) is 17.2 Å². The standard InChI is InChI=1S/CH2ClF2NO2S/c2-1(3,4)8(5,6)7/h(H2,5,6,7). The lowest BCUT2D eigenvalue weighted by atomic mass is 11.6. The first-order valence-corrected chi connectivity index (χ1v) is 3.26. The summed E-state index contributed by atoms with van der Waals surface area (Å²) in [7, 11) is -4.91. The summed E-state index contributed by atoms with van der Waals surface area (Å²) in [5.74, 6) is 0. The molecule has 0 aliphatic heterocycles. The highest BCUT2D eigenvalue weighted by Gasteiger charge is 2.39. The van der Waals surface area contributed by atoms with Crippen LogP contribution >= 0.6 is 11.6 Å². The van der Waals surface area contributed by atoms with Crippen molar-refractivity contribution >= 4 is 21.6 Å². The summed E-state index contributed by atoms with van der Waals surface area (Å²) in [6.07, 6.45) is 0. The molecule has 0 fully saturated rings. The van der Waals surface area contributed by atoms with Gasteiger partial charge >= 0.3 is 4.71 Å². The van der Waals surface area contributed by atoms with Crippen LogP contribution in [0.1, 0.15) is 0 Å². The van der Waals surface area contributed by atoms with Gasteiger partial charge in [-0.25, -0.2) is 13.6 Å². The second kappa shape index (κ2) is 1.78. The van der Waals surface area contributed by atoms with Crippen molar-refractivity contribution in [1.82, 2.24) is 0 Å². The van der Waals surface area contributed by atoms with Crippen molar-refractivity contribution in [1.29, 1.82) is 0 Å². The van der Waals surface area contributed by atoms with E-state index in [0.717, 1.165) is 0 Å². The molecule has 0 rings (SSSR count). The zero-order valence-corrected chi connectivity index (χ0v) is 5.01. The van der Waals surface area contributed by atoms with Gasteiger partial charge in [0.25, 0.3) is 10.0 Å². The molecule has 0 bridgehead atoms. The molecule has 0 aromatic heterocycles. The molecular formula is CH2ClF2NO2S. The van der Waals surface area contributed by atoms with Crippen molar-refractivity contribution in [2.75, 3.05) is 0 Å². The topological polar surface area (TPSA) is 60.2 Å². The van der Waals surface area contributed by atoms with Gasteiger partial charge in [-0.1, -0.05) is 0 Å². The lowest BCUT2D eigenvalue weighted by Gasteiger charge is -2.00. The number of nitrogens with two attached hydrogens (primary N) is 1. The van der Waals surface area contributed by atoms with Crippen LogP contribution in [-0.4, -0.2) is 13.1 Å². The van der Waals surface area contributed by atoms with Gasteiger partial charge in [-0.15, -0.1) is 0 Å². The molecule has 0 atom stereocenters. The third-order valence-corrected chi connectivity index (χ3v) is 1.61. The average Bonchev–Trinajstić information content (AvgIpc) is 1.25. The lowest BCUT2D eigenvalue weighted by Crippen LogP contribution is -2.29. The molecule has 3 nitrogen and oxygen atoms in total. The van der Waals surface area contributed by atoms with Crippen molar-refractivity contribution in [3.63, 3.8) is 0 Å². The van der Waals surface area contributed by atoms with Gasteiger partial charge in [0.2, 0.25) is 0 Å². The van der Waals surface area contributed by atoms with Crippen molar-refractivity contribution < 1.29 is 17.2 Å². The molecule has 0 radical (unpaired) electrons. The number of primary sulfonamides is 1. The monoisotopic (exact) mass is 165 g/mol. The molecule has 0 saturated carbocycles. The van der Waals surface area contributed by atoms with Crippen LogP contribution in [0.25, 0.3) is 0 Å². The van der Waals surface area contributed by atoms with Crippen molar-refractivity contribution in [3.05, 3.63) is 0 Å². The first-order valence-electron chi connectivity index (χ1n) is 1.34. The van der Waals surface area contributed by atoms with E-state index in [1.165, 1.54) is 0 Å². The van der Waals surface area contributed by atoms with Gasteiger partial charge < -0.3 is 0 Å². The molecule has 0 aromatic rings. The molecule has 0 aromatic carbocycles. The van der Waals surface area contributed by atoms with Crippen LogP contribution in [0.2, 0.25) is 0 Å². The van der Waals surface area contributed by atoms with E-state index < -0.39 is 14.7 Å². The number of halogens is 3. The van der Waals surface area contributed by atoms with Crippen LogP contribution in [0.3, 0.4) is 0 Å². The smallest absolute Gasteiger partial charge is 0.222 e. The molecule has 2 N–H and O–H groups in total. The highest BCUT2D eigenvalue weighted by atomic mass is 35.5. The fraction of sp³-hybridized carbons (Fsp3) is 1.00. The van der Waals surface area contributed by atoms with Crippen molar-refractivity contribution in [3.8, 4) is 0 Å². The van der Waals surface area contributed by atoms with Gasteiger partial charge in [-0.2, -0.15) is 8.78 Å². The number of rotatable bonds is 1.